The molecule has 2 heteroatoms. The minimum atomic E-state index is -0.156. The first kappa shape index (κ1) is 21.7. The van der Waals surface area contributed by atoms with Crippen LogP contribution in [0.15, 0.2) is 23.3 Å². The lowest BCUT2D eigenvalue weighted by molar-refractivity contribution is -0.147. The van der Waals surface area contributed by atoms with Crippen molar-refractivity contribution in [3.8, 4) is 0 Å². The first-order valence-corrected chi connectivity index (χ1v) is 13.0. The molecule has 0 aliphatic heterocycles. The number of hydrogen-bond donors (Lipinski definition) is 0. The maximum Gasteiger partial charge on any atom is 0.143 e. The van der Waals surface area contributed by atoms with Crippen molar-refractivity contribution in [2.24, 2.45) is 45.8 Å². The number of carbonyl (C=O) groups excluding carboxylic acids is 2. The zero-order valence-corrected chi connectivity index (χ0v) is 20.4. The predicted octanol–water partition coefficient (Wildman–Crippen LogP) is 7.09. The maximum absolute atomic E-state index is 13.9. The van der Waals surface area contributed by atoms with Crippen molar-refractivity contribution in [3.05, 3.63) is 23.3 Å². The van der Waals surface area contributed by atoms with E-state index in [0.29, 0.717) is 41.7 Å². The molecule has 0 bridgehead atoms. The van der Waals surface area contributed by atoms with Crippen LogP contribution in [0.5, 0.6) is 0 Å². The van der Waals surface area contributed by atoms with Crippen LogP contribution < -0.4 is 0 Å². The second kappa shape index (κ2) is 7.16. The number of hydrogen-bond acceptors (Lipinski definition) is 2. The van der Waals surface area contributed by atoms with Crippen molar-refractivity contribution < 1.29 is 9.59 Å². The Hall–Kier alpha value is -1.18. The summed E-state index contributed by atoms with van der Waals surface area (Å²) in [5.74, 6) is 3.69. The van der Waals surface area contributed by atoms with E-state index in [1.165, 1.54) is 36.8 Å². The van der Waals surface area contributed by atoms with Gasteiger partial charge in [-0.2, -0.15) is 0 Å². The van der Waals surface area contributed by atoms with E-state index in [4.69, 9.17) is 0 Å². The first-order valence-electron chi connectivity index (χ1n) is 13.0. The summed E-state index contributed by atoms with van der Waals surface area (Å²) in [5, 5.41) is 0. The molecule has 5 aliphatic rings. The zero-order chi connectivity index (χ0) is 22.2. The van der Waals surface area contributed by atoms with Crippen LogP contribution in [0.3, 0.4) is 0 Å². The molecule has 0 N–H and O–H groups in total. The van der Waals surface area contributed by atoms with E-state index in [9.17, 15) is 9.59 Å². The third kappa shape index (κ3) is 3.02. The Bertz CT molecular complexity index is 854. The smallest absolute Gasteiger partial charge is 0.143 e. The molecule has 0 aromatic heterocycles. The predicted molar refractivity (Wildman–Crippen MR) is 125 cm³/mol. The number of allylic oxidation sites excluding steroid dienone is 4. The molecule has 0 saturated heterocycles. The lowest BCUT2D eigenvalue weighted by Gasteiger charge is -2.58. The fourth-order valence-electron chi connectivity index (χ4n) is 9.24. The Morgan fingerprint density at radius 3 is 2.58 bits per heavy atom. The van der Waals surface area contributed by atoms with Crippen molar-refractivity contribution in [3.63, 3.8) is 0 Å². The standard InChI is InChI=1S/C29H42O2/c1-18(2)7-6-8-19(3)21-10-11-22-20-9-12-24-27(4,14-13-25(31)29(24)15-16-29)26(20)23(30)17-28(21,22)5/h7,12,19-22,26H,6,8-11,13-17H2,1-5H3/t19-,20+,21-,22+,26-,27+,28-/m1/s1. The van der Waals surface area contributed by atoms with Gasteiger partial charge in [-0.25, -0.2) is 0 Å². The second-order valence-corrected chi connectivity index (χ2v) is 12.7. The molecule has 0 amide bonds. The minimum Gasteiger partial charge on any atom is -0.299 e. The van der Waals surface area contributed by atoms with E-state index in [0.717, 1.165) is 32.1 Å². The van der Waals surface area contributed by atoms with Gasteiger partial charge in [0.2, 0.25) is 0 Å². The largest absolute Gasteiger partial charge is 0.299 e. The van der Waals surface area contributed by atoms with E-state index in [1.54, 1.807) is 0 Å². The minimum absolute atomic E-state index is 0.0567. The van der Waals surface area contributed by atoms with Gasteiger partial charge in [-0.05, 0) is 99.7 Å². The van der Waals surface area contributed by atoms with Crippen LogP contribution in [-0.4, -0.2) is 11.6 Å². The number of fused-ring (bicyclic) bond motifs is 6. The average Bonchev–Trinajstić information content (AvgIpc) is 3.40. The van der Waals surface area contributed by atoms with Gasteiger partial charge in [0.1, 0.15) is 11.6 Å². The van der Waals surface area contributed by atoms with Crippen LogP contribution >= 0.6 is 0 Å². The molecule has 0 heterocycles. The van der Waals surface area contributed by atoms with Gasteiger partial charge in [-0.1, -0.05) is 44.1 Å². The molecule has 0 unspecified atom stereocenters. The van der Waals surface area contributed by atoms with Crippen LogP contribution in [0, 0.1) is 45.8 Å². The molecule has 5 aliphatic carbocycles. The lowest BCUT2D eigenvalue weighted by Crippen LogP contribution is -2.56. The fraction of sp³-hybridized carbons (Fsp3) is 0.793. The van der Waals surface area contributed by atoms with Crippen LogP contribution in [-0.2, 0) is 9.59 Å². The van der Waals surface area contributed by atoms with Gasteiger partial charge in [0.25, 0.3) is 0 Å². The normalized spacial score (nSPS) is 43.6. The highest BCUT2D eigenvalue weighted by Gasteiger charge is 2.67. The Kier molecular flexibility index (Phi) is 5.00. The van der Waals surface area contributed by atoms with E-state index in [-0.39, 0.29) is 22.2 Å². The molecule has 4 saturated carbocycles. The quantitative estimate of drug-likeness (QED) is 0.453. The molecule has 0 aromatic rings. The molecule has 7 atom stereocenters. The van der Waals surface area contributed by atoms with Gasteiger partial charge < -0.3 is 0 Å². The summed E-state index contributed by atoms with van der Waals surface area (Å²) >= 11 is 0. The number of Topliss-reactive ketones (excluding diaryl/α,β-unsaturated/α-hetero) is 2. The van der Waals surface area contributed by atoms with Crippen LogP contribution in [0.25, 0.3) is 0 Å². The molecule has 31 heavy (non-hydrogen) atoms. The SMILES string of the molecule is CC(C)=CCC[C@@H](C)[C@H]1CC[C@H]2[C@@H]3CC=C4C5(CC5)C(=O)CC[C@]4(C)[C@H]3C(=O)C[C@]12C. The summed E-state index contributed by atoms with van der Waals surface area (Å²) in [7, 11) is 0. The monoisotopic (exact) mass is 422 g/mol. The van der Waals surface area contributed by atoms with E-state index < -0.39 is 0 Å². The fourth-order valence-corrected chi connectivity index (χ4v) is 9.24. The van der Waals surface area contributed by atoms with Crippen LogP contribution in [0.1, 0.15) is 98.8 Å². The van der Waals surface area contributed by atoms with Crippen LogP contribution in [0.2, 0.25) is 0 Å². The van der Waals surface area contributed by atoms with E-state index >= 15 is 0 Å². The molecule has 1 spiro atoms. The highest BCUT2D eigenvalue weighted by molar-refractivity contribution is 5.94. The van der Waals surface area contributed by atoms with E-state index in [1.807, 2.05) is 0 Å². The Morgan fingerprint density at radius 2 is 1.90 bits per heavy atom. The van der Waals surface area contributed by atoms with Crippen molar-refractivity contribution in [2.45, 2.75) is 98.8 Å². The number of carbonyl (C=O) groups is 2. The van der Waals surface area contributed by atoms with Crippen LogP contribution in [0.4, 0.5) is 0 Å². The highest BCUT2D eigenvalue weighted by Crippen LogP contribution is 2.71. The van der Waals surface area contributed by atoms with Gasteiger partial charge in [0.15, 0.2) is 0 Å². The van der Waals surface area contributed by atoms with Gasteiger partial charge in [-0.15, -0.1) is 0 Å². The Morgan fingerprint density at radius 1 is 1.16 bits per heavy atom. The van der Waals surface area contributed by atoms with Gasteiger partial charge in [0, 0.05) is 18.8 Å². The summed E-state index contributed by atoms with van der Waals surface area (Å²) in [6.07, 6.45) is 15.3. The molecule has 5 rings (SSSR count). The maximum atomic E-state index is 13.9. The van der Waals surface area contributed by atoms with Crippen molar-refractivity contribution in [1.82, 2.24) is 0 Å². The summed E-state index contributed by atoms with van der Waals surface area (Å²) in [4.78, 5) is 26.7. The second-order valence-electron chi connectivity index (χ2n) is 12.7. The number of rotatable bonds is 4. The Balaban J connectivity index is 1.42. The molecular weight excluding hydrogens is 380 g/mol. The summed E-state index contributed by atoms with van der Waals surface area (Å²) < 4.78 is 0. The lowest BCUT2D eigenvalue weighted by atomic mass is 9.45. The molecule has 0 radical (unpaired) electrons. The molecule has 170 valence electrons. The van der Waals surface area contributed by atoms with Gasteiger partial charge >= 0.3 is 0 Å². The number of ketones is 2. The third-order valence-corrected chi connectivity index (χ3v) is 10.8. The molecule has 4 fully saturated rings. The molecular formula is C29H42O2. The van der Waals surface area contributed by atoms with Gasteiger partial charge in [-0.3, -0.25) is 9.59 Å². The molecule has 0 aromatic carbocycles. The third-order valence-electron chi connectivity index (χ3n) is 10.8. The van der Waals surface area contributed by atoms with Gasteiger partial charge in [0.05, 0.1) is 5.41 Å². The Labute approximate surface area is 189 Å². The zero-order valence-electron chi connectivity index (χ0n) is 20.4. The topological polar surface area (TPSA) is 34.1 Å². The highest BCUT2D eigenvalue weighted by atomic mass is 16.1. The van der Waals surface area contributed by atoms with Crippen molar-refractivity contribution in [1.29, 1.82) is 0 Å². The van der Waals surface area contributed by atoms with Crippen molar-refractivity contribution >= 4 is 11.6 Å². The van der Waals surface area contributed by atoms with Crippen molar-refractivity contribution in [2.75, 3.05) is 0 Å². The summed E-state index contributed by atoms with van der Waals surface area (Å²) in [6.45, 7) is 11.6. The van der Waals surface area contributed by atoms with E-state index in [2.05, 4.69) is 46.8 Å². The first-order chi connectivity index (χ1) is 14.6. The summed E-state index contributed by atoms with van der Waals surface area (Å²) in [6, 6.07) is 0. The summed E-state index contributed by atoms with van der Waals surface area (Å²) in [5.41, 5.74) is 2.76. The average molecular weight is 423 g/mol. The molecule has 2 nitrogen and oxygen atoms in total.